The monoisotopic (exact) mass is 257 g/mol. The molecule has 0 aliphatic rings. The van der Waals surface area contributed by atoms with Gasteiger partial charge in [0.2, 0.25) is 0 Å². The molecule has 1 aromatic rings. The topological polar surface area (TPSA) is 12.0 Å². The van der Waals surface area contributed by atoms with E-state index in [-0.39, 0.29) is 5.54 Å². The van der Waals surface area contributed by atoms with Gasteiger partial charge in [0, 0.05) is 12.1 Å². The van der Waals surface area contributed by atoms with Crippen LogP contribution in [-0.2, 0) is 6.42 Å². The lowest BCUT2D eigenvalue weighted by molar-refractivity contribution is 0.405. The molecule has 0 radical (unpaired) electrons. The van der Waals surface area contributed by atoms with Crippen LogP contribution in [0, 0.1) is 0 Å². The molecule has 0 aliphatic heterocycles. The first-order valence-electron chi connectivity index (χ1n) is 5.24. The maximum atomic E-state index is 5.98. The zero-order chi connectivity index (χ0) is 12.2. The Labute approximate surface area is 107 Å². The molecule has 0 saturated carbocycles. The number of hydrogen-bond acceptors (Lipinski definition) is 1. The second-order valence-corrected chi connectivity index (χ2v) is 5.29. The zero-order valence-corrected chi connectivity index (χ0v) is 11.2. The van der Waals surface area contributed by atoms with Crippen molar-refractivity contribution in [2.75, 3.05) is 6.54 Å². The van der Waals surface area contributed by atoms with Crippen molar-refractivity contribution in [3.63, 3.8) is 0 Å². The first kappa shape index (κ1) is 13.6. The van der Waals surface area contributed by atoms with Gasteiger partial charge in [-0.05, 0) is 38.0 Å². The molecule has 0 amide bonds. The second kappa shape index (κ2) is 5.72. The molecule has 1 aromatic carbocycles. The number of benzene rings is 1. The van der Waals surface area contributed by atoms with Gasteiger partial charge in [-0.3, -0.25) is 0 Å². The summed E-state index contributed by atoms with van der Waals surface area (Å²) in [5.74, 6) is 0. The fraction of sp³-hybridized carbons (Fsp3) is 0.385. The van der Waals surface area contributed by atoms with Gasteiger partial charge in [0.15, 0.2) is 0 Å². The molecule has 0 saturated heterocycles. The Bertz CT molecular complexity index is 372. The molecule has 1 N–H and O–H groups in total. The molecular weight excluding hydrogens is 241 g/mol. The Kier molecular flexibility index (Phi) is 4.85. The third kappa shape index (κ3) is 4.17. The summed E-state index contributed by atoms with van der Waals surface area (Å²) in [4.78, 5) is 0. The smallest absolute Gasteiger partial charge is 0.0595 e. The average Bonchev–Trinajstić information content (AvgIpc) is 2.20. The molecule has 0 fully saturated rings. The quantitative estimate of drug-likeness (QED) is 0.784. The van der Waals surface area contributed by atoms with Gasteiger partial charge in [-0.25, -0.2) is 0 Å². The van der Waals surface area contributed by atoms with E-state index in [1.165, 1.54) is 5.56 Å². The maximum absolute atomic E-state index is 5.98. The molecule has 1 rings (SSSR count). The van der Waals surface area contributed by atoms with E-state index in [2.05, 4.69) is 25.7 Å². The highest BCUT2D eigenvalue weighted by molar-refractivity contribution is 6.42. The van der Waals surface area contributed by atoms with E-state index in [1.807, 2.05) is 24.3 Å². The molecule has 1 nitrogen and oxygen atoms in total. The van der Waals surface area contributed by atoms with E-state index in [1.54, 1.807) is 0 Å². The molecule has 0 aliphatic carbocycles. The summed E-state index contributed by atoms with van der Waals surface area (Å²) in [5.41, 5.74) is 1.20. The molecule has 88 valence electrons. The summed E-state index contributed by atoms with van der Waals surface area (Å²) >= 11 is 11.9. The van der Waals surface area contributed by atoms with Crippen molar-refractivity contribution in [3.05, 3.63) is 46.5 Å². The van der Waals surface area contributed by atoms with Gasteiger partial charge in [-0.1, -0.05) is 35.3 Å². The lowest BCUT2D eigenvalue weighted by atomic mass is 9.95. The lowest BCUT2D eigenvalue weighted by Gasteiger charge is -2.26. The maximum Gasteiger partial charge on any atom is 0.0595 e. The van der Waals surface area contributed by atoms with E-state index in [0.717, 1.165) is 13.0 Å². The molecule has 0 heterocycles. The van der Waals surface area contributed by atoms with Crippen LogP contribution in [0.25, 0.3) is 0 Å². The van der Waals surface area contributed by atoms with Gasteiger partial charge in [0.05, 0.1) is 10.0 Å². The van der Waals surface area contributed by atoms with Gasteiger partial charge in [-0.2, -0.15) is 0 Å². The van der Waals surface area contributed by atoms with E-state index in [4.69, 9.17) is 23.2 Å². The molecule has 0 atom stereocenters. The minimum atomic E-state index is 0.0192. The van der Waals surface area contributed by atoms with Crippen molar-refractivity contribution in [1.29, 1.82) is 0 Å². The Morgan fingerprint density at radius 2 is 2.00 bits per heavy atom. The lowest BCUT2D eigenvalue weighted by Crippen LogP contribution is -2.41. The minimum Gasteiger partial charge on any atom is -0.308 e. The Morgan fingerprint density at radius 1 is 1.31 bits per heavy atom. The number of hydrogen-bond donors (Lipinski definition) is 1. The predicted molar refractivity (Wildman–Crippen MR) is 72.4 cm³/mol. The average molecular weight is 258 g/mol. The van der Waals surface area contributed by atoms with Crippen LogP contribution < -0.4 is 5.32 Å². The van der Waals surface area contributed by atoms with Crippen molar-refractivity contribution in [3.8, 4) is 0 Å². The highest BCUT2D eigenvalue weighted by Gasteiger charge is 2.17. The summed E-state index contributed by atoms with van der Waals surface area (Å²) in [6.45, 7) is 8.80. The normalized spacial score (nSPS) is 11.5. The van der Waals surface area contributed by atoms with Crippen molar-refractivity contribution >= 4 is 23.2 Å². The van der Waals surface area contributed by atoms with Crippen molar-refractivity contribution in [2.24, 2.45) is 0 Å². The highest BCUT2D eigenvalue weighted by Crippen LogP contribution is 2.24. The fourth-order valence-corrected chi connectivity index (χ4v) is 1.89. The minimum absolute atomic E-state index is 0.0192. The SMILES string of the molecule is C=CCNC(C)(C)Cc1ccc(Cl)c(Cl)c1. The first-order chi connectivity index (χ1) is 7.44. The molecular formula is C13H17Cl2N. The van der Waals surface area contributed by atoms with E-state index in [0.29, 0.717) is 10.0 Å². The summed E-state index contributed by atoms with van der Waals surface area (Å²) in [7, 11) is 0. The number of halogens is 2. The summed E-state index contributed by atoms with van der Waals surface area (Å²) in [6.07, 6.45) is 2.76. The van der Waals surface area contributed by atoms with Crippen LogP contribution in [0.15, 0.2) is 30.9 Å². The van der Waals surface area contributed by atoms with Crippen molar-refractivity contribution < 1.29 is 0 Å². The standard InChI is InChI=1S/C13H17Cl2N/c1-4-7-16-13(2,3)9-10-5-6-11(14)12(15)8-10/h4-6,8,16H,1,7,9H2,2-3H3. The van der Waals surface area contributed by atoms with Crippen LogP contribution in [0.2, 0.25) is 10.0 Å². The molecule has 3 heteroatoms. The van der Waals surface area contributed by atoms with Crippen LogP contribution in [0.1, 0.15) is 19.4 Å². The Balaban J connectivity index is 2.71. The van der Waals surface area contributed by atoms with Crippen molar-refractivity contribution in [2.45, 2.75) is 25.8 Å². The van der Waals surface area contributed by atoms with Gasteiger partial charge in [0.1, 0.15) is 0 Å². The number of rotatable bonds is 5. The van der Waals surface area contributed by atoms with Gasteiger partial charge >= 0.3 is 0 Å². The largest absolute Gasteiger partial charge is 0.308 e. The van der Waals surface area contributed by atoms with Crippen LogP contribution in [-0.4, -0.2) is 12.1 Å². The third-order valence-electron chi connectivity index (χ3n) is 2.36. The van der Waals surface area contributed by atoms with E-state index >= 15 is 0 Å². The molecule has 0 unspecified atom stereocenters. The van der Waals surface area contributed by atoms with Crippen LogP contribution in [0.5, 0.6) is 0 Å². The molecule has 0 spiro atoms. The van der Waals surface area contributed by atoms with Crippen LogP contribution >= 0.6 is 23.2 Å². The Hall–Kier alpha value is -0.500. The van der Waals surface area contributed by atoms with Gasteiger partial charge < -0.3 is 5.32 Å². The number of nitrogens with one attached hydrogen (secondary N) is 1. The summed E-state index contributed by atoms with van der Waals surface area (Å²) in [6, 6.07) is 5.76. The fourth-order valence-electron chi connectivity index (χ4n) is 1.57. The predicted octanol–water partition coefficient (Wildman–Crippen LogP) is 4.09. The zero-order valence-electron chi connectivity index (χ0n) is 9.69. The first-order valence-corrected chi connectivity index (χ1v) is 6.00. The van der Waals surface area contributed by atoms with E-state index < -0.39 is 0 Å². The van der Waals surface area contributed by atoms with Gasteiger partial charge in [0.25, 0.3) is 0 Å². The molecule has 0 bridgehead atoms. The van der Waals surface area contributed by atoms with Crippen LogP contribution in [0.4, 0.5) is 0 Å². The van der Waals surface area contributed by atoms with Crippen molar-refractivity contribution in [1.82, 2.24) is 5.32 Å². The van der Waals surface area contributed by atoms with Gasteiger partial charge in [-0.15, -0.1) is 6.58 Å². The molecule has 0 aromatic heterocycles. The van der Waals surface area contributed by atoms with Crippen LogP contribution in [0.3, 0.4) is 0 Å². The Morgan fingerprint density at radius 3 is 2.56 bits per heavy atom. The molecule has 16 heavy (non-hydrogen) atoms. The third-order valence-corrected chi connectivity index (χ3v) is 3.09. The second-order valence-electron chi connectivity index (χ2n) is 4.48. The summed E-state index contributed by atoms with van der Waals surface area (Å²) in [5, 5.41) is 4.61. The highest BCUT2D eigenvalue weighted by atomic mass is 35.5. The summed E-state index contributed by atoms with van der Waals surface area (Å²) < 4.78 is 0. The van der Waals surface area contributed by atoms with E-state index in [9.17, 15) is 0 Å².